The van der Waals surface area contributed by atoms with E-state index in [1.165, 1.54) is 16.5 Å². The molecule has 3 aromatic rings. The molecule has 0 radical (unpaired) electrons. The van der Waals surface area contributed by atoms with E-state index in [2.05, 4.69) is 65.8 Å². The number of carbonyl (C=O) groups excluding carboxylic acids is 1. The maximum Gasteiger partial charge on any atom is 0.426 e. The number of H-pyrrole nitrogens is 1. The lowest BCUT2D eigenvalue weighted by Gasteiger charge is -2.45. The van der Waals surface area contributed by atoms with E-state index < -0.39 is 0 Å². The number of hydroxylamine groups is 2. The number of carbonyl (C=O) groups is 1. The maximum atomic E-state index is 12.7. The number of halogens is 1. The molecule has 1 aliphatic heterocycles. The highest BCUT2D eigenvalue weighted by Crippen LogP contribution is 2.41. The molecule has 1 saturated heterocycles. The van der Waals surface area contributed by atoms with Crippen LogP contribution in [-0.4, -0.2) is 54.3 Å². The van der Waals surface area contributed by atoms with Crippen molar-refractivity contribution in [2.24, 2.45) is 0 Å². The van der Waals surface area contributed by atoms with E-state index in [-0.39, 0.29) is 17.7 Å². The van der Waals surface area contributed by atoms with Crippen LogP contribution in [0.2, 0.25) is 5.02 Å². The molecule has 1 saturated carbocycles. The molecule has 1 aliphatic carbocycles. The summed E-state index contributed by atoms with van der Waals surface area (Å²) in [6.07, 6.45) is 7.55. The largest absolute Gasteiger partial charge is 0.426 e. The molecule has 0 bridgehead atoms. The van der Waals surface area contributed by atoms with Crippen LogP contribution in [0.5, 0.6) is 0 Å². The number of hydrogen-bond donors (Lipinski definition) is 2. The minimum absolute atomic E-state index is 0.0256. The van der Waals surface area contributed by atoms with Crippen LogP contribution in [0.1, 0.15) is 55.6 Å². The van der Waals surface area contributed by atoms with Crippen molar-refractivity contribution in [2.45, 2.75) is 56.0 Å². The zero-order valence-corrected chi connectivity index (χ0v) is 21.4. The first-order valence-corrected chi connectivity index (χ1v) is 13.1. The molecule has 2 N–H and O–H groups in total. The molecule has 1 amide bonds. The Balaban J connectivity index is 1.11. The van der Waals surface area contributed by atoms with Gasteiger partial charge in [-0.1, -0.05) is 41.9 Å². The molecular formula is C28H35ClN4O2. The van der Waals surface area contributed by atoms with E-state index in [9.17, 15) is 4.79 Å². The van der Waals surface area contributed by atoms with E-state index in [1.54, 1.807) is 0 Å². The van der Waals surface area contributed by atoms with Gasteiger partial charge in [-0.05, 0) is 87.9 Å². The molecule has 6 nitrogen and oxygen atoms in total. The number of nitrogens with one attached hydrogen (secondary N) is 2. The Hall–Kier alpha value is -2.54. The van der Waals surface area contributed by atoms with Gasteiger partial charge < -0.3 is 15.1 Å². The van der Waals surface area contributed by atoms with Gasteiger partial charge in [0.2, 0.25) is 0 Å². The quantitative estimate of drug-likeness (QED) is 0.454. The van der Waals surface area contributed by atoms with Gasteiger partial charge in [-0.15, -0.1) is 5.06 Å². The second-order valence-electron chi connectivity index (χ2n) is 10.2. The summed E-state index contributed by atoms with van der Waals surface area (Å²) in [7, 11) is 4.31. The topological polar surface area (TPSA) is 60.6 Å². The summed E-state index contributed by atoms with van der Waals surface area (Å²) >= 11 is 6.22. The summed E-state index contributed by atoms with van der Waals surface area (Å²) in [5.74, 6) is 0.431. The van der Waals surface area contributed by atoms with Crippen molar-refractivity contribution < 1.29 is 9.63 Å². The molecule has 35 heavy (non-hydrogen) atoms. The molecule has 7 heteroatoms. The third-order valence-electron chi connectivity index (χ3n) is 8.08. The number of benzene rings is 2. The van der Waals surface area contributed by atoms with Gasteiger partial charge in [-0.3, -0.25) is 4.90 Å². The van der Waals surface area contributed by atoms with Gasteiger partial charge in [0.15, 0.2) is 0 Å². The molecular weight excluding hydrogens is 460 g/mol. The predicted molar refractivity (Wildman–Crippen MR) is 141 cm³/mol. The van der Waals surface area contributed by atoms with Gasteiger partial charge in [-0.2, -0.15) is 0 Å². The van der Waals surface area contributed by atoms with Crippen LogP contribution in [0.15, 0.2) is 54.7 Å². The Morgan fingerprint density at radius 1 is 1.09 bits per heavy atom. The molecule has 2 aliphatic rings. The van der Waals surface area contributed by atoms with Crippen molar-refractivity contribution in [2.75, 3.05) is 27.2 Å². The molecule has 2 aromatic carbocycles. The SMILES string of the molecule is CN(C)C1(c2ccccc2)CCC(NC(=O)ON2CCC(c3c[nH]c4ccc(Cl)cc34)CC2)CC1. The number of hydrogen-bond acceptors (Lipinski definition) is 4. The van der Waals surface area contributed by atoms with E-state index in [4.69, 9.17) is 16.4 Å². The zero-order valence-electron chi connectivity index (χ0n) is 20.6. The summed E-state index contributed by atoms with van der Waals surface area (Å²) in [5.41, 5.74) is 3.79. The first kappa shape index (κ1) is 24.2. The van der Waals surface area contributed by atoms with Gasteiger partial charge >= 0.3 is 6.09 Å². The van der Waals surface area contributed by atoms with Crippen LogP contribution in [-0.2, 0) is 10.4 Å². The number of piperidine rings is 1. The Kier molecular flexibility index (Phi) is 7.05. The highest BCUT2D eigenvalue weighted by Gasteiger charge is 2.39. The Labute approximate surface area is 212 Å². The van der Waals surface area contributed by atoms with Crippen molar-refractivity contribution >= 4 is 28.6 Å². The highest BCUT2D eigenvalue weighted by atomic mass is 35.5. The van der Waals surface area contributed by atoms with Gasteiger partial charge in [0.25, 0.3) is 0 Å². The van der Waals surface area contributed by atoms with Crippen molar-refractivity contribution in [3.8, 4) is 0 Å². The number of fused-ring (bicyclic) bond motifs is 1. The fourth-order valence-corrected chi connectivity index (χ4v) is 6.17. The lowest BCUT2D eigenvalue weighted by molar-refractivity contribution is -0.115. The summed E-state index contributed by atoms with van der Waals surface area (Å²) in [6.45, 7) is 1.46. The number of aromatic nitrogens is 1. The van der Waals surface area contributed by atoms with Crippen LogP contribution in [0, 0.1) is 0 Å². The van der Waals surface area contributed by atoms with E-state index in [1.807, 2.05) is 23.3 Å². The van der Waals surface area contributed by atoms with Gasteiger partial charge in [0, 0.05) is 46.8 Å². The maximum absolute atomic E-state index is 12.7. The summed E-state index contributed by atoms with van der Waals surface area (Å²) in [4.78, 5) is 24.0. The Morgan fingerprint density at radius 3 is 2.49 bits per heavy atom. The molecule has 186 valence electrons. The lowest BCUT2D eigenvalue weighted by Crippen LogP contribution is -2.49. The van der Waals surface area contributed by atoms with E-state index >= 15 is 0 Å². The fourth-order valence-electron chi connectivity index (χ4n) is 6.00. The lowest BCUT2D eigenvalue weighted by atomic mass is 9.74. The van der Waals surface area contributed by atoms with Crippen molar-refractivity contribution in [3.63, 3.8) is 0 Å². The highest BCUT2D eigenvalue weighted by molar-refractivity contribution is 6.31. The van der Waals surface area contributed by atoms with Crippen molar-refractivity contribution in [1.29, 1.82) is 0 Å². The minimum atomic E-state index is -0.329. The first-order valence-electron chi connectivity index (χ1n) is 12.7. The molecule has 0 atom stereocenters. The normalized spacial score (nSPS) is 24.1. The second-order valence-corrected chi connectivity index (χ2v) is 10.7. The standard InChI is InChI=1S/C28H35ClN4O2/c1-32(2)28(21-6-4-3-5-7-21)14-10-23(11-15-28)31-27(34)35-33-16-12-20(13-17-33)25-19-30-26-9-8-22(29)18-24(25)26/h3-9,18-20,23,30H,10-17H2,1-2H3,(H,31,34). The number of rotatable bonds is 5. The van der Waals surface area contributed by atoms with E-state index in [0.717, 1.165) is 62.2 Å². The molecule has 2 fully saturated rings. The minimum Gasteiger partial charge on any atom is -0.361 e. The molecule has 1 aromatic heterocycles. The fraction of sp³-hybridized carbons (Fsp3) is 0.464. The molecule has 2 heterocycles. The smallest absolute Gasteiger partial charge is 0.361 e. The van der Waals surface area contributed by atoms with Crippen molar-refractivity contribution in [1.82, 2.24) is 20.3 Å². The predicted octanol–water partition coefficient (Wildman–Crippen LogP) is 6.04. The average molecular weight is 495 g/mol. The number of aromatic amines is 1. The molecule has 0 spiro atoms. The summed E-state index contributed by atoms with van der Waals surface area (Å²) in [6, 6.07) is 16.8. The average Bonchev–Trinajstić information content (AvgIpc) is 3.28. The molecule has 5 rings (SSSR count). The number of nitrogens with zero attached hydrogens (tertiary/aromatic N) is 2. The first-order chi connectivity index (χ1) is 16.9. The monoisotopic (exact) mass is 494 g/mol. The summed E-state index contributed by atoms with van der Waals surface area (Å²) in [5, 5.41) is 6.88. The van der Waals surface area contributed by atoms with Crippen LogP contribution in [0.3, 0.4) is 0 Å². The number of amides is 1. The van der Waals surface area contributed by atoms with Gasteiger partial charge in [0.05, 0.1) is 0 Å². The molecule has 0 unspecified atom stereocenters. The zero-order chi connectivity index (χ0) is 24.4. The summed E-state index contributed by atoms with van der Waals surface area (Å²) < 4.78 is 0. The van der Waals surface area contributed by atoms with Crippen LogP contribution in [0.4, 0.5) is 4.79 Å². The third-order valence-corrected chi connectivity index (χ3v) is 8.32. The third kappa shape index (κ3) is 5.06. The van der Waals surface area contributed by atoms with Crippen LogP contribution in [0.25, 0.3) is 10.9 Å². The van der Waals surface area contributed by atoms with Crippen molar-refractivity contribution in [3.05, 3.63) is 70.9 Å². The Morgan fingerprint density at radius 2 is 1.80 bits per heavy atom. The van der Waals surface area contributed by atoms with Gasteiger partial charge in [-0.25, -0.2) is 4.79 Å². The Bertz CT molecular complexity index is 1150. The van der Waals surface area contributed by atoms with E-state index in [0.29, 0.717) is 5.92 Å². The van der Waals surface area contributed by atoms with Crippen LogP contribution < -0.4 is 5.32 Å². The van der Waals surface area contributed by atoms with Crippen LogP contribution >= 0.6 is 11.6 Å². The second kappa shape index (κ2) is 10.2. The van der Waals surface area contributed by atoms with Gasteiger partial charge in [0.1, 0.15) is 0 Å².